The zero-order chi connectivity index (χ0) is 14.8. The normalized spacial score (nSPS) is 20.0. The maximum atomic E-state index is 11.8. The molecular formula is C15H19NO3S. The quantitative estimate of drug-likeness (QED) is 0.918. The summed E-state index contributed by atoms with van der Waals surface area (Å²) >= 11 is 0. The predicted molar refractivity (Wildman–Crippen MR) is 79.1 cm³/mol. The van der Waals surface area contributed by atoms with E-state index in [1.165, 1.54) is 22.6 Å². The van der Waals surface area contributed by atoms with Crippen molar-refractivity contribution in [2.45, 2.75) is 32.7 Å². The molecule has 1 aromatic carbocycles. The molecule has 4 nitrogen and oxygen atoms in total. The maximum absolute atomic E-state index is 11.8. The van der Waals surface area contributed by atoms with E-state index < -0.39 is 9.84 Å². The highest BCUT2D eigenvalue weighted by atomic mass is 32.2. The number of carbonyl (C=O) groups is 1. The zero-order valence-corrected chi connectivity index (χ0v) is 12.5. The van der Waals surface area contributed by atoms with Crippen LogP contribution in [0.15, 0.2) is 29.7 Å². The summed E-state index contributed by atoms with van der Waals surface area (Å²) in [5.41, 5.74) is 3.50. The van der Waals surface area contributed by atoms with Gasteiger partial charge < -0.3 is 5.32 Å². The first kappa shape index (κ1) is 14.8. The number of benzene rings is 1. The average molecular weight is 293 g/mol. The Morgan fingerprint density at radius 2 is 1.90 bits per heavy atom. The molecule has 20 heavy (non-hydrogen) atoms. The molecule has 108 valence electrons. The predicted octanol–water partition coefficient (Wildman–Crippen LogP) is 1.66. The van der Waals surface area contributed by atoms with E-state index in [9.17, 15) is 13.2 Å². The molecule has 1 atom stereocenters. The molecule has 1 aromatic rings. The summed E-state index contributed by atoms with van der Waals surface area (Å²) < 4.78 is 22.5. The van der Waals surface area contributed by atoms with Crippen LogP contribution in [0.4, 0.5) is 0 Å². The van der Waals surface area contributed by atoms with Crippen LogP contribution in [0.25, 0.3) is 0 Å². The summed E-state index contributed by atoms with van der Waals surface area (Å²) in [6.07, 6.45) is 2.56. The van der Waals surface area contributed by atoms with Gasteiger partial charge in [0.25, 0.3) is 0 Å². The minimum atomic E-state index is -3.11. The second-order valence-corrected chi connectivity index (χ2v) is 7.26. The molecule has 0 saturated heterocycles. The van der Waals surface area contributed by atoms with Crippen LogP contribution in [0.5, 0.6) is 0 Å². The van der Waals surface area contributed by atoms with Gasteiger partial charge in [-0.25, -0.2) is 8.42 Å². The van der Waals surface area contributed by atoms with Gasteiger partial charge in [0.1, 0.15) is 0 Å². The SMILES string of the molecule is Cc1cc(C)cc(CCC(=O)NC2C=CS(=O)(=O)C2)c1. The minimum absolute atomic E-state index is 0.0255. The molecule has 0 aliphatic carbocycles. The lowest BCUT2D eigenvalue weighted by Gasteiger charge is -2.10. The van der Waals surface area contributed by atoms with Gasteiger partial charge in [0.2, 0.25) is 5.91 Å². The fourth-order valence-electron chi connectivity index (χ4n) is 2.42. The van der Waals surface area contributed by atoms with E-state index in [0.717, 1.165) is 5.56 Å². The second-order valence-electron chi connectivity index (χ2n) is 5.33. The van der Waals surface area contributed by atoms with Crippen LogP contribution in [0.2, 0.25) is 0 Å². The largest absolute Gasteiger partial charge is 0.349 e. The molecular weight excluding hydrogens is 274 g/mol. The Hall–Kier alpha value is -1.62. The fraction of sp³-hybridized carbons (Fsp3) is 0.400. The van der Waals surface area contributed by atoms with Gasteiger partial charge >= 0.3 is 0 Å². The van der Waals surface area contributed by atoms with Crippen LogP contribution in [-0.2, 0) is 21.1 Å². The Morgan fingerprint density at radius 3 is 2.45 bits per heavy atom. The van der Waals surface area contributed by atoms with Crippen molar-refractivity contribution in [1.29, 1.82) is 0 Å². The fourth-order valence-corrected chi connectivity index (χ4v) is 3.65. The van der Waals surface area contributed by atoms with Crippen LogP contribution < -0.4 is 5.32 Å². The lowest BCUT2D eigenvalue weighted by molar-refractivity contribution is -0.121. The molecule has 0 spiro atoms. The van der Waals surface area contributed by atoms with E-state index >= 15 is 0 Å². The molecule has 1 aliphatic rings. The highest BCUT2D eigenvalue weighted by molar-refractivity contribution is 7.94. The van der Waals surface area contributed by atoms with Crippen LogP contribution in [0, 0.1) is 13.8 Å². The monoisotopic (exact) mass is 293 g/mol. The summed E-state index contributed by atoms with van der Waals surface area (Å²) in [5, 5.41) is 3.90. The molecule has 1 heterocycles. The first-order chi connectivity index (χ1) is 9.34. The van der Waals surface area contributed by atoms with Gasteiger partial charge in [-0.2, -0.15) is 0 Å². The van der Waals surface area contributed by atoms with Crippen molar-refractivity contribution >= 4 is 15.7 Å². The third kappa shape index (κ3) is 4.20. The number of sulfone groups is 1. The number of nitrogens with one attached hydrogen (secondary N) is 1. The molecule has 1 amide bonds. The topological polar surface area (TPSA) is 63.2 Å². The summed E-state index contributed by atoms with van der Waals surface area (Å²) in [6.45, 7) is 4.06. The third-order valence-corrected chi connectivity index (χ3v) is 4.59. The smallest absolute Gasteiger partial charge is 0.220 e. The van der Waals surface area contributed by atoms with E-state index in [0.29, 0.717) is 12.8 Å². The minimum Gasteiger partial charge on any atom is -0.349 e. The highest BCUT2D eigenvalue weighted by Crippen LogP contribution is 2.12. The van der Waals surface area contributed by atoms with E-state index in [-0.39, 0.29) is 17.7 Å². The van der Waals surface area contributed by atoms with Crippen LogP contribution in [0.1, 0.15) is 23.1 Å². The molecule has 1 aliphatic heterocycles. The Labute approximate surface area is 119 Å². The van der Waals surface area contributed by atoms with E-state index in [1.54, 1.807) is 0 Å². The number of rotatable bonds is 4. The van der Waals surface area contributed by atoms with Crippen LogP contribution in [0.3, 0.4) is 0 Å². The highest BCUT2D eigenvalue weighted by Gasteiger charge is 2.22. The summed E-state index contributed by atoms with van der Waals surface area (Å²) in [6, 6.07) is 5.85. The van der Waals surface area contributed by atoms with Gasteiger partial charge in [-0.15, -0.1) is 0 Å². The van der Waals surface area contributed by atoms with Gasteiger partial charge in [-0.1, -0.05) is 29.3 Å². The number of amides is 1. The summed E-state index contributed by atoms with van der Waals surface area (Å²) in [4.78, 5) is 11.8. The van der Waals surface area contributed by atoms with Crippen molar-refractivity contribution in [2.75, 3.05) is 5.75 Å². The molecule has 1 N–H and O–H groups in total. The van der Waals surface area contributed by atoms with Crippen molar-refractivity contribution < 1.29 is 13.2 Å². The molecule has 2 rings (SSSR count). The van der Waals surface area contributed by atoms with Gasteiger partial charge in [0.05, 0.1) is 11.8 Å². The van der Waals surface area contributed by atoms with Crippen molar-refractivity contribution in [3.63, 3.8) is 0 Å². The summed E-state index contributed by atoms with van der Waals surface area (Å²) in [5.74, 6) is -0.140. The Balaban J connectivity index is 1.85. The van der Waals surface area contributed by atoms with Crippen molar-refractivity contribution in [3.8, 4) is 0 Å². The van der Waals surface area contributed by atoms with Crippen LogP contribution in [-0.4, -0.2) is 26.1 Å². The molecule has 0 bridgehead atoms. The standard InChI is InChI=1S/C15H19NO3S/c1-11-7-12(2)9-13(8-11)3-4-15(17)16-14-5-6-20(18,19)10-14/h5-9,14H,3-4,10H2,1-2H3,(H,16,17). The lowest BCUT2D eigenvalue weighted by Crippen LogP contribution is -2.35. The lowest BCUT2D eigenvalue weighted by atomic mass is 10.0. The number of carbonyl (C=O) groups excluding carboxylic acids is 1. The number of hydrogen-bond acceptors (Lipinski definition) is 3. The van der Waals surface area contributed by atoms with Gasteiger partial charge in [0, 0.05) is 11.8 Å². The third-order valence-electron chi connectivity index (χ3n) is 3.20. The number of aryl methyl sites for hydroxylation is 3. The van der Waals surface area contributed by atoms with Crippen molar-refractivity contribution in [1.82, 2.24) is 5.32 Å². The first-order valence-corrected chi connectivity index (χ1v) is 8.33. The first-order valence-electron chi connectivity index (χ1n) is 6.61. The number of hydrogen-bond donors (Lipinski definition) is 1. The molecule has 0 fully saturated rings. The van der Waals surface area contributed by atoms with E-state index in [1.807, 2.05) is 13.8 Å². The van der Waals surface area contributed by atoms with Gasteiger partial charge in [-0.05, 0) is 31.9 Å². The molecule has 5 heteroatoms. The maximum Gasteiger partial charge on any atom is 0.220 e. The van der Waals surface area contributed by atoms with Crippen molar-refractivity contribution in [3.05, 3.63) is 46.4 Å². The second kappa shape index (κ2) is 5.79. The summed E-state index contributed by atoms with van der Waals surface area (Å²) in [7, 11) is -3.11. The van der Waals surface area contributed by atoms with E-state index in [4.69, 9.17) is 0 Å². The zero-order valence-electron chi connectivity index (χ0n) is 11.7. The molecule has 0 aromatic heterocycles. The van der Waals surface area contributed by atoms with Crippen molar-refractivity contribution in [2.24, 2.45) is 0 Å². The molecule has 1 unspecified atom stereocenters. The van der Waals surface area contributed by atoms with Crippen LogP contribution >= 0.6 is 0 Å². The molecule has 0 saturated carbocycles. The van der Waals surface area contributed by atoms with E-state index in [2.05, 4.69) is 23.5 Å². The molecule has 0 radical (unpaired) electrons. The Morgan fingerprint density at radius 1 is 1.25 bits per heavy atom. The average Bonchev–Trinajstić information content (AvgIpc) is 2.65. The van der Waals surface area contributed by atoms with Gasteiger partial charge in [-0.3, -0.25) is 4.79 Å². The Kier molecular flexibility index (Phi) is 4.28. The van der Waals surface area contributed by atoms with Gasteiger partial charge in [0.15, 0.2) is 9.84 Å². The Bertz CT molecular complexity index is 627.